The Hall–Kier alpha value is -2.16. The first-order valence-corrected chi connectivity index (χ1v) is 9.66. The lowest BCUT2D eigenvalue weighted by Crippen LogP contribution is -2.65. The maximum atomic E-state index is 12.6. The van der Waals surface area contributed by atoms with E-state index in [1.807, 2.05) is 4.90 Å². The van der Waals surface area contributed by atoms with Gasteiger partial charge in [-0.25, -0.2) is 13.4 Å². The number of hydrogen-bond donors (Lipinski definition) is 0. The van der Waals surface area contributed by atoms with Crippen LogP contribution in [0.4, 0.5) is 18.9 Å². The maximum Gasteiger partial charge on any atom is 0.433 e. The molecular formula is C17H16F3N3O2S. The van der Waals surface area contributed by atoms with Gasteiger partial charge in [-0.05, 0) is 37.1 Å². The SMILES string of the molecule is O=S(=O)(c1cccnc1)C1CC2(C1)CN(c1ccc(C(F)(F)F)nc1)C2. The molecule has 1 saturated heterocycles. The molecule has 0 N–H and O–H groups in total. The third kappa shape index (κ3) is 2.84. The summed E-state index contributed by atoms with van der Waals surface area (Å²) < 4.78 is 62.8. The van der Waals surface area contributed by atoms with Crippen LogP contribution in [0.25, 0.3) is 0 Å². The van der Waals surface area contributed by atoms with E-state index in [1.54, 1.807) is 12.1 Å². The molecule has 0 atom stereocenters. The first-order valence-electron chi connectivity index (χ1n) is 8.12. The number of pyridine rings is 2. The molecule has 1 aliphatic heterocycles. The van der Waals surface area contributed by atoms with Crippen molar-refractivity contribution in [2.45, 2.75) is 29.2 Å². The zero-order valence-corrected chi connectivity index (χ0v) is 14.5. The summed E-state index contributed by atoms with van der Waals surface area (Å²) in [7, 11) is -3.37. The summed E-state index contributed by atoms with van der Waals surface area (Å²) in [5, 5.41) is -0.417. The van der Waals surface area contributed by atoms with Crippen LogP contribution < -0.4 is 4.90 Å². The number of anilines is 1. The van der Waals surface area contributed by atoms with Gasteiger partial charge >= 0.3 is 6.18 Å². The van der Waals surface area contributed by atoms with Crippen LogP contribution in [0.1, 0.15) is 18.5 Å². The molecule has 5 nitrogen and oxygen atoms in total. The fraction of sp³-hybridized carbons (Fsp3) is 0.412. The molecule has 0 amide bonds. The van der Waals surface area contributed by atoms with Crippen LogP contribution in [0.5, 0.6) is 0 Å². The molecule has 1 saturated carbocycles. The van der Waals surface area contributed by atoms with Crippen LogP contribution >= 0.6 is 0 Å². The van der Waals surface area contributed by atoms with Crippen LogP contribution in [0.2, 0.25) is 0 Å². The van der Waals surface area contributed by atoms with Crippen LogP contribution in [-0.4, -0.2) is 36.7 Å². The normalized spacial score (nSPS) is 19.9. The van der Waals surface area contributed by atoms with Gasteiger partial charge in [0.25, 0.3) is 0 Å². The van der Waals surface area contributed by atoms with Crippen molar-refractivity contribution in [3.63, 3.8) is 0 Å². The second kappa shape index (κ2) is 5.67. The number of halogens is 3. The monoisotopic (exact) mass is 383 g/mol. The van der Waals surface area contributed by atoms with Crippen LogP contribution in [-0.2, 0) is 16.0 Å². The minimum atomic E-state index is -4.45. The number of hydrogen-bond acceptors (Lipinski definition) is 5. The molecule has 1 spiro atoms. The molecule has 3 heterocycles. The number of nitrogens with zero attached hydrogens (tertiary/aromatic N) is 3. The first-order chi connectivity index (χ1) is 12.2. The minimum Gasteiger partial charge on any atom is -0.369 e. The first kappa shape index (κ1) is 17.3. The van der Waals surface area contributed by atoms with E-state index in [0.717, 1.165) is 6.07 Å². The van der Waals surface area contributed by atoms with Gasteiger partial charge in [0.2, 0.25) is 0 Å². The Morgan fingerprint density at radius 1 is 1.12 bits per heavy atom. The van der Waals surface area contributed by atoms with Gasteiger partial charge in [-0.3, -0.25) is 4.98 Å². The second-order valence-electron chi connectivity index (χ2n) is 7.02. The van der Waals surface area contributed by atoms with Gasteiger partial charge in [0.1, 0.15) is 5.69 Å². The van der Waals surface area contributed by atoms with E-state index in [0.29, 0.717) is 31.6 Å². The molecule has 2 fully saturated rings. The molecule has 0 unspecified atom stereocenters. The molecule has 2 aliphatic rings. The molecule has 9 heteroatoms. The van der Waals surface area contributed by atoms with E-state index in [4.69, 9.17) is 0 Å². The predicted octanol–water partition coefficient (Wildman–Crippen LogP) is 2.94. The average molecular weight is 383 g/mol. The van der Waals surface area contributed by atoms with Crippen molar-refractivity contribution in [2.24, 2.45) is 5.41 Å². The quantitative estimate of drug-likeness (QED) is 0.816. The summed E-state index contributed by atoms with van der Waals surface area (Å²) in [5.41, 5.74) is -0.354. The summed E-state index contributed by atoms with van der Waals surface area (Å²) in [6.45, 7) is 1.28. The summed E-state index contributed by atoms with van der Waals surface area (Å²) >= 11 is 0. The summed E-state index contributed by atoms with van der Waals surface area (Å²) in [4.78, 5) is 9.50. The fourth-order valence-corrected chi connectivity index (χ4v) is 5.79. The van der Waals surface area contributed by atoms with Gasteiger partial charge in [0.15, 0.2) is 9.84 Å². The highest BCUT2D eigenvalue weighted by Gasteiger charge is 2.56. The van der Waals surface area contributed by atoms with E-state index in [2.05, 4.69) is 9.97 Å². The number of rotatable bonds is 3. The number of sulfone groups is 1. The Balaban J connectivity index is 1.38. The highest BCUT2D eigenvalue weighted by molar-refractivity contribution is 7.92. The maximum absolute atomic E-state index is 12.6. The van der Waals surface area contributed by atoms with Gasteiger partial charge in [-0.1, -0.05) is 0 Å². The van der Waals surface area contributed by atoms with Crippen molar-refractivity contribution in [1.29, 1.82) is 0 Å². The van der Waals surface area contributed by atoms with Crippen molar-refractivity contribution in [3.8, 4) is 0 Å². The van der Waals surface area contributed by atoms with Gasteiger partial charge < -0.3 is 4.90 Å². The Labute approximate surface area is 148 Å². The van der Waals surface area contributed by atoms with Gasteiger partial charge in [-0.15, -0.1) is 0 Å². The van der Waals surface area contributed by atoms with Crippen LogP contribution in [0.3, 0.4) is 0 Å². The molecule has 26 heavy (non-hydrogen) atoms. The van der Waals surface area contributed by atoms with E-state index in [9.17, 15) is 21.6 Å². The van der Waals surface area contributed by atoms with E-state index >= 15 is 0 Å². The molecule has 2 aromatic heterocycles. The Bertz CT molecular complexity index is 901. The third-order valence-electron chi connectivity index (χ3n) is 5.18. The van der Waals surface area contributed by atoms with Crippen LogP contribution in [0.15, 0.2) is 47.8 Å². The van der Waals surface area contributed by atoms with Gasteiger partial charge in [-0.2, -0.15) is 13.2 Å². The largest absolute Gasteiger partial charge is 0.433 e. The average Bonchev–Trinajstić information content (AvgIpc) is 2.52. The number of alkyl halides is 3. The lowest BCUT2D eigenvalue weighted by Gasteiger charge is -2.59. The molecule has 138 valence electrons. The van der Waals surface area contributed by atoms with E-state index in [-0.39, 0.29) is 10.3 Å². The molecule has 1 aliphatic carbocycles. The highest BCUT2D eigenvalue weighted by atomic mass is 32.2. The molecule has 0 aromatic carbocycles. The molecule has 0 bridgehead atoms. The summed E-state index contributed by atoms with van der Waals surface area (Å²) in [6, 6.07) is 5.53. The standard InChI is InChI=1S/C17H16F3N3O2S/c18-17(19,20)15-4-3-12(8-22-15)23-10-16(11-23)6-14(7-16)26(24,25)13-2-1-5-21-9-13/h1-5,8-9,14H,6-7,10-11H2. The zero-order valence-electron chi connectivity index (χ0n) is 13.6. The fourth-order valence-electron chi connectivity index (χ4n) is 3.78. The Morgan fingerprint density at radius 3 is 2.38 bits per heavy atom. The van der Waals surface area contributed by atoms with Crippen molar-refractivity contribution < 1.29 is 21.6 Å². The topological polar surface area (TPSA) is 63.2 Å². The Kier molecular flexibility index (Phi) is 3.76. The van der Waals surface area contributed by atoms with Crippen molar-refractivity contribution >= 4 is 15.5 Å². The predicted molar refractivity (Wildman–Crippen MR) is 88.3 cm³/mol. The van der Waals surface area contributed by atoms with Gasteiger partial charge in [0, 0.05) is 30.9 Å². The smallest absolute Gasteiger partial charge is 0.369 e. The Morgan fingerprint density at radius 2 is 1.85 bits per heavy atom. The second-order valence-corrected chi connectivity index (χ2v) is 9.25. The van der Waals surface area contributed by atoms with Crippen molar-refractivity contribution in [3.05, 3.63) is 48.5 Å². The van der Waals surface area contributed by atoms with E-state index in [1.165, 1.54) is 24.7 Å². The van der Waals surface area contributed by atoms with Gasteiger partial charge in [0.05, 0.1) is 22.0 Å². The summed E-state index contributed by atoms with van der Waals surface area (Å²) in [5.74, 6) is 0. The van der Waals surface area contributed by atoms with Crippen molar-refractivity contribution in [1.82, 2.24) is 9.97 Å². The van der Waals surface area contributed by atoms with Crippen molar-refractivity contribution in [2.75, 3.05) is 18.0 Å². The van der Waals surface area contributed by atoms with Crippen LogP contribution in [0, 0.1) is 5.41 Å². The lowest BCUT2D eigenvalue weighted by atomic mass is 9.63. The molecule has 2 aromatic rings. The zero-order chi connectivity index (χ0) is 18.6. The van der Waals surface area contributed by atoms with E-state index < -0.39 is 27.0 Å². The molecule has 4 rings (SSSR count). The molecule has 0 radical (unpaired) electrons. The lowest BCUT2D eigenvalue weighted by molar-refractivity contribution is -0.141. The highest BCUT2D eigenvalue weighted by Crippen LogP contribution is 2.52. The number of aromatic nitrogens is 2. The molecular weight excluding hydrogens is 367 g/mol. The third-order valence-corrected chi connectivity index (χ3v) is 7.29. The minimum absolute atomic E-state index is 0.0668. The summed E-state index contributed by atoms with van der Waals surface area (Å²) in [6.07, 6.45) is 0.794.